The average Bonchev–Trinajstić information content (AvgIpc) is 3.23. The first kappa shape index (κ1) is 16.1. The van der Waals surface area contributed by atoms with Crippen molar-refractivity contribution < 1.29 is 4.79 Å². The van der Waals surface area contributed by atoms with E-state index in [1.807, 2.05) is 45.6 Å². The molecule has 1 fully saturated rings. The van der Waals surface area contributed by atoms with Gasteiger partial charge in [-0.15, -0.1) is 0 Å². The summed E-state index contributed by atoms with van der Waals surface area (Å²) in [5, 5.41) is 7.18. The van der Waals surface area contributed by atoms with E-state index < -0.39 is 0 Å². The summed E-state index contributed by atoms with van der Waals surface area (Å²) in [6, 6.07) is 7.82. The zero-order valence-electron chi connectivity index (χ0n) is 15.2. The lowest BCUT2D eigenvalue weighted by Gasteiger charge is -2.28. The number of hydrogen-bond donors (Lipinski definition) is 1. The zero-order chi connectivity index (χ0) is 18.5. The van der Waals surface area contributed by atoms with E-state index in [0.29, 0.717) is 31.2 Å². The van der Waals surface area contributed by atoms with E-state index >= 15 is 0 Å². The molecule has 4 heterocycles. The fourth-order valence-electron chi connectivity index (χ4n) is 3.82. The third-order valence-corrected chi connectivity index (χ3v) is 5.51. The molecule has 0 radical (unpaired) electrons. The number of carbonyl (C=O) groups is 1. The van der Waals surface area contributed by atoms with E-state index in [1.165, 1.54) is 0 Å². The molecule has 5 rings (SSSR count). The van der Waals surface area contributed by atoms with Crippen LogP contribution in [0.5, 0.6) is 0 Å². The standard InChI is InChI=1S/C20H21N5O2/c1-23-7-2-3-18(23)16-10-17(22-21-16)20(27)24-8-6-13-9-19(26)25(15-4-5-15)12-14(13)11-24/h2-3,7,9-10,12,15H,4-6,8,11H2,1H3,(H,21,22). The quantitative estimate of drug-likeness (QED) is 0.774. The lowest BCUT2D eigenvalue weighted by molar-refractivity contribution is 0.0728. The lowest BCUT2D eigenvalue weighted by atomic mass is 10.0. The summed E-state index contributed by atoms with van der Waals surface area (Å²) in [7, 11) is 1.95. The van der Waals surface area contributed by atoms with Gasteiger partial charge in [-0.1, -0.05) is 0 Å². The van der Waals surface area contributed by atoms with Crippen LogP contribution in [0, 0.1) is 0 Å². The molecule has 1 saturated carbocycles. The van der Waals surface area contributed by atoms with Gasteiger partial charge in [0.05, 0.1) is 5.69 Å². The van der Waals surface area contributed by atoms with Crippen LogP contribution in [-0.2, 0) is 20.0 Å². The van der Waals surface area contributed by atoms with Gasteiger partial charge in [0.1, 0.15) is 11.4 Å². The zero-order valence-corrected chi connectivity index (χ0v) is 15.2. The predicted octanol–water partition coefficient (Wildman–Crippen LogP) is 2.11. The molecule has 0 atom stereocenters. The summed E-state index contributed by atoms with van der Waals surface area (Å²) < 4.78 is 3.80. The predicted molar refractivity (Wildman–Crippen MR) is 100 cm³/mol. The highest BCUT2D eigenvalue weighted by atomic mass is 16.2. The monoisotopic (exact) mass is 363 g/mol. The number of amides is 1. The van der Waals surface area contributed by atoms with E-state index in [4.69, 9.17) is 0 Å². The molecule has 1 aliphatic heterocycles. The number of rotatable bonds is 3. The van der Waals surface area contributed by atoms with E-state index in [0.717, 1.165) is 35.4 Å². The molecule has 0 unspecified atom stereocenters. The third kappa shape index (κ3) is 2.79. The maximum Gasteiger partial charge on any atom is 0.272 e. The number of carbonyl (C=O) groups excluding carboxylic acids is 1. The van der Waals surface area contributed by atoms with Crippen LogP contribution >= 0.6 is 0 Å². The van der Waals surface area contributed by atoms with Crippen molar-refractivity contribution in [2.75, 3.05) is 6.54 Å². The molecule has 1 amide bonds. The normalized spacial score (nSPS) is 16.4. The number of aromatic amines is 1. The van der Waals surface area contributed by atoms with Crippen LogP contribution in [0.1, 0.15) is 40.5 Å². The van der Waals surface area contributed by atoms with Crippen molar-refractivity contribution in [3.8, 4) is 11.4 Å². The third-order valence-electron chi connectivity index (χ3n) is 5.51. The van der Waals surface area contributed by atoms with E-state index in [-0.39, 0.29) is 11.5 Å². The van der Waals surface area contributed by atoms with Gasteiger partial charge < -0.3 is 14.0 Å². The second-order valence-corrected chi connectivity index (χ2v) is 7.45. The van der Waals surface area contributed by atoms with Crippen molar-refractivity contribution in [2.24, 2.45) is 7.05 Å². The minimum absolute atomic E-state index is 0.0576. The highest BCUT2D eigenvalue weighted by Gasteiger charge is 2.28. The maximum atomic E-state index is 13.0. The Bertz CT molecular complexity index is 1090. The minimum atomic E-state index is -0.0576. The minimum Gasteiger partial charge on any atom is -0.349 e. The number of nitrogens with one attached hydrogen (secondary N) is 1. The molecule has 2 aliphatic rings. The Balaban J connectivity index is 1.39. The summed E-state index contributed by atoms with van der Waals surface area (Å²) in [4.78, 5) is 27.0. The van der Waals surface area contributed by atoms with Crippen LogP contribution in [0.2, 0.25) is 0 Å². The van der Waals surface area contributed by atoms with Gasteiger partial charge in [0.2, 0.25) is 0 Å². The molecule has 7 nitrogen and oxygen atoms in total. The number of H-pyrrole nitrogens is 1. The van der Waals surface area contributed by atoms with Crippen molar-refractivity contribution in [2.45, 2.75) is 31.8 Å². The van der Waals surface area contributed by atoms with Gasteiger partial charge in [-0.2, -0.15) is 5.10 Å². The first-order valence-corrected chi connectivity index (χ1v) is 9.30. The van der Waals surface area contributed by atoms with Crippen LogP contribution < -0.4 is 5.56 Å². The fourth-order valence-corrected chi connectivity index (χ4v) is 3.82. The van der Waals surface area contributed by atoms with Crippen LogP contribution in [0.15, 0.2) is 41.5 Å². The molecule has 1 aliphatic carbocycles. The van der Waals surface area contributed by atoms with Crippen molar-refractivity contribution in [3.05, 3.63) is 63.8 Å². The molecule has 27 heavy (non-hydrogen) atoms. The van der Waals surface area contributed by atoms with Crippen LogP contribution in [0.4, 0.5) is 0 Å². The summed E-state index contributed by atoms with van der Waals surface area (Å²) in [6.45, 7) is 1.14. The number of nitrogens with zero attached hydrogens (tertiary/aromatic N) is 4. The molecule has 7 heteroatoms. The van der Waals surface area contributed by atoms with Crippen LogP contribution in [0.3, 0.4) is 0 Å². The smallest absolute Gasteiger partial charge is 0.272 e. The second kappa shape index (κ2) is 5.97. The van der Waals surface area contributed by atoms with Crippen molar-refractivity contribution >= 4 is 5.91 Å². The van der Waals surface area contributed by atoms with Gasteiger partial charge in [-0.05, 0) is 48.6 Å². The fraction of sp³-hybridized carbons (Fsp3) is 0.350. The average molecular weight is 363 g/mol. The molecular formula is C20H21N5O2. The van der Waals surface area contributed by atoms with Gasteiger partial charge in [0.25, 0.3) is 11.5 Å². The number of hydrogen-bond acceptors (Lipinski definition) is 3. The molecule has 3 aromatic rings. The maximum absolute atomic E-state index is 13.0. The Hall–Kier alpha value is -3.09. The van der Waals surface area contributed by atoms with Gasteiger partial charge in [0, 0.05) is 44.6 Å². The first-order valence-electron chi connectivity index (χ1n) is 9.30. The Labute approximate surface area is 156 Å². The molecule has 1 N–H and O–H groups in total. The van der Waals surface area contributed by atoms with Crippen molar-refractivity contribution in [1.82, 2.24) is 24.2 Å². The van der Waals surface area contributed by atoms with Gasteiger partial charge in [-0.3, -0.25) is 14.7 Å². The molecule has 0 bridgehead atoms. The Morgan fingerprint density at radius 1 is 1.26 bits per heavy atom. The lowest BCUT2D eigenvalue weighted by Crippen LogP contribution is -2.37. The molecule has 0 aromatic carbocycles. The van der Waals surface area contributed by atoms with Gasteiger partial charge in [0.15, 0.2) is 0 Å². The first-order chi connectivity index (χ1) is 13.1. The van der Waals surface area contributed by atoms with E-state index in [1.54, 1.807) is 12.1 Å². The highest BCUT2D eigenvalue weighted by Crippen LogP contribution is 2.34. The van der Waals surface area contributed by atoms with Crippen LogP contribution in [0.25, 0.3) is 11.4 Å². The molecular weight excluding hydrogens is 342 g/mol. The highest BCUT2D eigenvalue weighted by molar-refractivity contribution is 5.93. The Kier molecular flexibility index (Phi) is 3.56. The molecule has 138 valence electrons. The molecule has 0 spiro atoms. The molecule has 0 saturated heterocycles. The summed E-state index contributed by atoms with van der Waals surface area (Å²) >= 11 is 0. The summed E-state index contributed by atoms with van der Waals surface area (Å²) in [5.41, 5.74) is 4.42. The number of fused-ring (bicyclic) bond motifs is 1. The molecule has 3 aromatic heterocycles. The van der Waals surface area contributed by atoms with E-state index in [2.05, 4.69) is 10.2 Å². The largest absolute Gasteiger partial charge is 0.349 e. The topological polar surface area (TPSA) is 75.9 Å². The number of aromatic nitrogens is 4. The summed E-state index contributed by atoms with van der Waals surface area (Å²) in [5.74, 6) is -0.0576. The van der Waals surface area contributed by atoms with Gasteiger partial charge >= 0.3 is 0 Å². The van der Waals surface area contributed by atoms with Gasteiger partial charge in [-0.25, -0.2) is 0 Å². The Morgan fingerprint density at radius 3 is 2.85 bits per heavy atom. The van der Waals surface area contributed by atoms with E-state index in [9.17, 15) is 9.59 Å². The number of pyridine rings is 1. The second-order valence-electron chi connectivity index (χ2n) is 7.45. The van der Waals surface area contributed by atoms with Crippen molar-refractivity contribution in [1.29, 1.82) is 0 Å². The summed E-state index contributed by atoms with van der Waals surface area (Å²) in [6.07, 6.45) is 6.75. The SMILES string of the molecule is Cn1cccc1-c1cc(C(=O)N2CCc3cc(=O)n(C4CC4)cc3C2)[nH]n1. The number of aryl methyl sites for hydroxylation is 1. The van der Waals surface area contributed by atoms with Crippen molar-refractivity contribution in [3.63, 3.8) is 0 Å². The van der Waals surface area contributed by atoms with Crippen LogP contribution in [-0.4, -0.2) is 36.7 Å². The Morgan fingerprint density at radius 2 is 2.11 bits per heavy atom.